The van der Waals surface area contributed by atoms with Crippen molar-refractivity contribution in [2.45, 2.75) is 38.3 Å². The van der Waals surface area contributed by atoms with E-state index in [1.807, 2.05) is 37.3 Å². The molecule has 0 aliphatic heterocycles. The quantitative estimate of drug-likeness (QED) is 0.448. The molecule has 0 saturated heterocycles. The van der Waals surface area contributed by atoms with Crippen molar-refractivity contribution in [1.29, 1.82) is 0 Å². The van der Waals surface area contributed by atoms with Gasteiger partial charge in [-0.25, -0.2) is 12.8 Å². The Kier molecular flexibility index (Phi) is 8.82. The van der Waals surface area contributed by atoms with E-state index in [-0.39, 0.29) is 23.0 Å². The summed E-state index contributed by atoms with van der Waals surface area (Å²) in [5.74, 6) is -1.46. The molecule has 0 unspecified atom stereocenters. The van der Waals surface area contributed by atoms with Crippen molar-refractivity contribution >= 4 is 27.5 Å². The average Bonchev–Trinajstić information content (AvgIpc) is 2.87. The highest BCUT2D eigenvalue weighted by Gasteiger charge is 2.32. The minimum atomic E-state index is -4.18. The standard InChI is InChI=1S/C27H30FN3O4S/c1-4-29-27(33)21(3)30(18-22-8-6-5-7-9-22)26(32)19-31(24-14-12-23(28)13-15-24)36(34,35)25-16-10-20(2)11-17-25/h5-17,21H,4,18-19H2,1-3H3,(H,29,33)/t21-/m0/s1. The van der Waals surface area contributed by atoms with E-state index in [9.17, 15) is 22.4 Å². The van der Waals surface area contributed by atoms with Gasteiger partial charge in [-0.3, -0.25) is 13.9 Å². The minimum absolute atomic E-state index is 0.00314. The predicted molar refractivity (Wildman–Crippen MR) is 137 cm³/mol. The SMILES string of the molecule is CCNC(=O)[C@H](C)N(Cc1ccccc1)C(=O)CN(c1ccc(F)cc1)S(=O)(=O)c1ccc(C)cc1. The molecule has 0 saturated carbocycles. The van der Waals surface area contributed by atoms with Gasteiger partial charge in [-0.2, -0.15) is 0 Å². The molecule has 0 heterocycles. The predicted octanol–water partition coefficient (Wildman–Crippen LogP) is 3.88. The number of carbonyl (C=O) groups excluding carboxylic acids is 2. The first-order valence-corrected chi connectivity index (χ1v) is 13.0. The largest absolute Gasteiger partial charge is 0.355 e. The molecular formula is C27H30FN3O4S. The first-order chi connectivity index (χ1) is 17.1. The smallest absolute Gasteiger partial charge is 0.264 e. The number of carbonyl (C=O) groups is 2. The molecule has 2 amide bonds. The van der Waals surface area contributed by atoms with Crippen LogP contribution < -0.4 is 9.62 Å². The number of anilines is 1. The molecule has 0 fully saturated rings. The molecule has 190 valence electrons. The number of hydrogen-bond acceptors (Lipinski definition) is 4. The highest BCUT2D eigenvalue weighted by molar-refractivity contribution is 7.92. The summed E-state index contributed by atoms with van der Waals surface area (Å²) in [5, 5.41) is 2.71. The lowest BCUT2D eigenvalue weighted by atomic mass is 10.1. The molecule has 36 heavy (non-hydrogen) atoms. The van der Waals surface area contributed by atoms with Crippen molar-refractivity contribution in [2.75, 3.05) is 17.4 Å². The summed E-state index contributed by atoms with van der Waals surface area (Å²) in [6, 6.07) is 19.4. The zero-order valence-electron chi connectivity index (χ0n) is 20.5. The molecule has 0 bridgehead atoms. The highest BCUT2D eigenvalue weighted by Crippen LogP contribution is 2.25. The number of nitrogens with one attached hydrogen (secondary N) is 1. The second kappa shape index (κ2) is 11.8. The lowest BCUT2D eigenvalue weighted by Crippen LogP contribution is -2.51. The van der Waals surface area contributed by atoms with Crippen molar-refractivity contribution in [3.63, 3.8) is 0 Å². The molecule has 0 spiro atoms. The number of amides is 2. The van der Waals surface area contributed by atoms with E-state index in [1.54, 1.807) is 26.0 Å². The number of sulfonamides is 1. The summed E-state index contributed by atoms with van der Waals surface area (Å²) < 4.78 is 41.8. The van der Waals surface area contributed by atoms with Crippen molar-refractivity contribution in [1.82, 2.24) is 10.2 Å². The third-order valence-corrected chi connectivity index (χ3v) is 7.50. The molecule has 0 radical (unpaired) electrons. The van der Waals surface area contributed by atoms with Gasteiger partial charge in [0.1, 0.15) is 18.4 Å². The van der Waals surface area contributed by atoms with Gasteiger partial charge in [-0.15, -0.1) is 0 Å². The molecule has 3 aromatic carbocycles. The molecular weight excluding hydrogens is 481 g/mol. The van der Waals surface area contributed by atoms with Crippen LogP contribution in [0.15, 0.2) is 83.8 Å². The number of nitrogens with zero attached hydrogens (tertiary/aromatic N) is 2. The molecule has 0 aromatic heterocycles. The van der Waals surface area contributed by atoms with E-state index >= 15 is 0 Å². The van der Waals surface area contributed by atoms with Crippen molar-refractivity contribution in [3.8, 4) is 0 Å². The number of benzene rings is 3. The molecule has 1 atom stereocenters. The summed E-state index contributed by atoms with van der Waals surface area (Å²) in [5.41, 5.74) is 1.80. The van der Waals surface area contributed by atoms with Gasteiger partial charge in [0.15, 0.2) is 0 Å². The normalized spacial score (nSPS) is 12.0. The summed E-state index contributed by atoms with van der Waals surface area (Å²) >= 11 is 0. The topological polar surface area (TPSA) is 86.8 Å². The zero-order valence-corrected chi connectivity index (χ0v) is 21.3. The maximum absolute atomic E-state index is 13.6. The summed E-state index contributed by atoms with van der Waals surface area (Å²) in [4.78, 5) is 27.6. The van der Waals surface area contributed by atoms with Gasteiger partial charge in [0.2, 0.25) is 11.8 Å². The average molecular weight is 512 g/mol. The van der Waals surface area contributed by atoms with Gasteiger partial charge in [-0.1, -0.05) is 48.0 Å². The third kappa shape index (κ3) is 6.48. The van der Waals surface area contributed by atoms with E-state index < -0.39 is 34.3 Å². The first-order valence-electron chi connectivity index (χ1n) is 11.6. The van der Waals surface area contributed by atoms with Crippen LogP contribution in [0, 0.1) is 12.7 Å². The Balaban J connectivity index is 2.01. The summed E-state index contributed by atoms with van der Waals surface area (Å²) in [6.07, 6.45) is 0. The second-order valence-electron chi connectivity index (χ2n) is 8.38. The fourth-order valence-electron chi connectivity index (χ4n) is 3.66. The maximum atomic E-state index is 13.6. The lowest BCUT2D eigenvalue weighted by Gasteiger charge is -2.32. The Labute approximate surface area is 211 Å². The Bertz CT molecular complexity index is 1280. The maximum Gasteiger partial charge on any atom is 0.264 e. The van der Waals surface area contributed by atoms with Crippen molar-refractivity contribution < 1.29 is 22.4 Å². The van der Waals surface area contributed by atoms with Crippen LogP contribution in [0.1, 0.15) is 25.0 Å². The Hall–Kier alpha value is -3.72. The van der Waals surface area contributed by atoms with Gasteiger partial charge >= 0.3 is 0 Å². The van der Waals surface area contributed by atoms with E-state index in [0.29, 0.717) is 6.54 Å². The number of aryl methyl sites for hydroxylation is 1. The second-order valence-corrected chi connectivity index (χ2v) is 10.2. The van der Waals surface area contributed by atoms with Crippen LogP contribution in [-0.4, -0.2) is 44.3 Å². The van der Waals surface area contributed by atoms with Crippen LogP contribution in [0.5, 0.6) is 0 Å². The van der Waals surface area contributed by atoms with Gasteiger partial charge < -0.3 is 10.2 Å². The van der Waals surface area contributed by atoms with Crippen LogP contribution in [0.25, 0.3) is 0 Å². The minimum Gasteiger partial charge on any atom is -0.355 e. The monoisotopic (exact) mass is 511 g/mol. The molecule has 9 heteroatoms. The highest BCUT2D eigenvalue weighted by atomic mass is 32.2. The van der Waals surface area contributed by atoms with Crippen LogP contribution in [0.2, 0.25) is 0 Å². The Morgan fingerprint density at radius 3 is 2.14 bits per heavy atom. The van der Waals surface area contributed by atoms with Crippen LogP contribution in [0.3, 0.4) is 0 Å². The molecule has 7 nitrogen and oxygen atoms in total. The number of rotatable bonds is 10. The molecule has 3 aromatic rings. The fourth-order valence-corrected chi connectivity index (χ4v) is 5.07. The number of likely N-dealkylation sites (N-methyl/N-ethyl adjacent to an activating group) is 1. The Morgan fingerprint density at radius 1 is 0.944 bits per heavy atom. The third-order valence-electron chi connectivity index (χ3n) is 5.72. The van der Waals surface area contributed by atoms with E-state index in [4.69, 9.17) is 0 Å². The molecule has 0 aliphatic carbocycles. The number of halogens is 1. The molecule has 0 aliphatic rings. The summed E-state index contributed by atoms with van der Waals surface area (Å²) in [6.45, 7) is 5.14. The van der Waals surface area contributed by atoms with E-state index in [1.165, 1.54) is 29.2 Å². The van der Waals surface area contributed by atoms with Crippen molar-refractivity contribution in [2.24, 2.45) is 0 Å². The van der Waals surface area contributed by atoms with Gasteiger partial charge in [0.25, 0.3) is 10.0 Å². The van der Waals surface area contributed by atoms with Crippen molar-refractivity contribution in [3.05, 3.63) is 95.8 Å². The fraction of sp³-hybridized carbons (Fsp3) is 0.259. The molecule has 3 rings (SSSR count). The van der Waals surface area contributed by atoms with Crippen LogP contribution in [0.4, 0.5) is 10.1 Å². The number of hydrogen-bond donors (Lipinski definition) is 1. The van der Waals surface area contributed by atoms with Gasteiger partial charge in [0, 0.05) is 13.1 Å². The molecule has 1 N–H and O–H groups in total. The Morgan fingerprint density at radius 2 is 1.56 bits per heavy atom. The summed E-state index contributed by atoms with van der Waals surface area (Å²) in [7, 11) is -4.18. The first kappa shape index (κ1) is 26.9. The van der Waals surface area contributed by atoms with E-state index in [0.717, 1.165) is 27.6 Å². The lowest BCUT2D eigenvalue weighted by molar-refractivity contribution is -0.139. The van der Waals surface area contributed by atoms with E-state index in [2.05, 4.69) is 5.32 Å². The van der Waals surface area contributed by atoms with Crippen LogP contribution >= 0.6 is 0 Å². The van der Waals surface area contributed by atoms with Gasteiger partial charge in [-0.05, 0) is 62.7 Å². The van der Waals surface area contributed by atoms with Gasteiger partial charge in [0.05, 0.1) is 10.6 Å². The van der Waals surface area contributed by atoms with Crippen LogP contribution in [-0.2, 0) is 26.2 Å². The zero-order chi connectivity index (χ0) is 26.3.